The van der Waals surface area contributed by atoms with E-state index in [1.165, 1.54) is 50.5 Å². The minimum absolute atomic E-state index is 0.440. The SMILES string of the molecule is C=C(C(C)C)C(C)CC(CC)(CC)C(CC)C(C)(CCCC)C(C)C. The van der Waals surface area contributed by atoms with Crippen LogP contribution in [0.4, 0.5) is 0 Å². The van der Waals surface area contributed by atoms with E-state index in [0.717, 1.165) is 11.8 Å². The molecule has 0 aromatic rings. The minimum atomic E-state index is 0.440. The van der Waals surface area contributed by atoms with Crippen LogP contribution in [0.5, 0.6) is 0 Å². The number of unbranched alkanes of at least 4 members (excludes halogenated alkanes) is 1. The molecule has 0 amide bonds. The molecule has 0 spiro atoms. The molecular weight excluding hydrogens is 300 g/mol. The zero-order valence-corrected chi connectivity index (χ0v) is 19.5. The van der Waals surface area contributed by atoms with E-state index < -0.39 is 0 Å². The van der Waals surface area contributed by atoms with E-state index in [1.807, 2.05) is 0 Å². The Morgan fingerprint density at radius 2 is 1.44 bits per heavy atom. The maximum absolute atomic E-state index is 4.44. The Hall–Kier alpha value is -0.260. The van der Waals surface area contributed by atoms with Gasteiger partial charge in [-0.15, -0.1) is 0 Å². The van der Waals surface area contributed by atoms with Gasteiger partial charge in [0, 0.05) is 0 Å². The highest BCUT2D eigenvalue weighted by Gasteiger charge is 2.47. The van der Waals surface area contributed by atoms with Crippen LogP contribution in [0.25, 0.3) is 0 Å². The van der Waals surface area contributed by atoms with Gasteiger partial charge in [0.05, 0.1) is 0 Å². The highest BCUT2D eigenvalue weighted by Crippen LogP contribution is 2.56. The first-order valence-electron chi connectivity index (χ1n) is 11.2. The van der Waals surface area contributed by atoms with Gasteiger partial charge < -0.3 is 0 Å². The molecule has 0 aliphatic carbocycles. The predicted molar refractivity (Wildman–Crippen MR) is 117 cm³/mol. The van der Waals surface area contributed by atoms with Crippen LogP contribution < -0.4 is 0 Å². The van der Waals surface area contributed by atoms with Gasteiger partial charge in [0.2, 0.25) is 0 Å². The second-order valence-corrected chi connectivity index (χ2v) is 9.63. The van der Waals surface area contributed by atoms with Crippen molar-refractivity contribution in [3.63, 3.8) is 0 Å². The summed E-state index contributed by atoms with van der Waals surface area (Å²) in [7, 11) is 0. The topological polar surface area (TPSA) is 0 Å². The Balaban J connectivity index is 5.84. The van der Waals surface area contributed by atoms with Gasteiger partial charge in [-0.3, -0.25) is 0 Å². The van der Waals surface area contributed by atoms with Crippen LogP contribution in [-0.4, -0.2) is 0 Å². The highest BCUT2D eigenvalue weighted by atomic mass is 14.5. The maximum Gasteiger partial charge on any atom is -0.0226 e. The Bertz CT molecular complexity index is 371. The molecule has 0 saturated carbocycles. The number of hydrogen-bond acceptors (Lipinski definition) is 0. The van der Waals surface area contributed by atoms with Crippen LogP contribution in [0.15, 0.2) is 12.2 Å². The van der Waals surface area contributed by atoms with E-state index in [9.17, 15) is 0 Å². The average molecular weight is 351 g/mol. The Kier molecular flexibility index (Phi) is 10.7. The fraction of sp³-hybridized carbons (Fsp3) is 0.920. The quantitative estimate of drug-likeness (QED) is 0.291. The number of rotatable bonds is 13. The monoisotopic (exact) mass is 350 g/mol. The lowest BCUT2D eigenvalue weighted by Crippen LogP contribution is -2.44. The van der Waals surface area contributed by atoms with E-state index in [4.69, 9.17) is 0 Å². The standard InChI is InChI=1S/C25H50/c1-12-16-17-24(11,20(7)8)23(13-2)25(14-3,15-4)18-21(9)22(10)19(5)6/h19-21,23H,10,12-18H2,1-9,11H3. The molecule has 0 aliphatic heterocycles. The molecule has 25 heavy (non-hydrogen) atoms. The Labute approximate surface area is 161 Å². The van der Waals surface area contributed by atoms with E-state index in [2.05, 4.69) is 75.8 Å². The Morgan fingerprint density at radius 3 is 1.76 bits per heavy atom. The molecule has 0 N–H and O–H groups in total. The molecule has 0 radical (unpaired) electrons. The molecule has 3 unspecified atom stereocenters. The van der Waals surface area contributed by atoms with Crippen LogP contribution in [0, 0.1) is 34.5 Å². The van der Waals surface area contributed by atoms with Gasteiger partial charge in [-0.1, -0.05) is 113 Å². The summed E-state index contributed by atoms with van der Waals surface area (Å²) < 4.78 is 0. The van der Waals surface area contributed by atoms with Crippen LogP contribution in [0.2, 0.25) is 0 Å². The minimum Gasteiger partial charge on any atom is -0.0993 e. The Morgan fingerprint density at radius 1 is 0.920 bits per heavy atom. The van der Waals surface area contributed by atoms with Gasteiger partial charge in [0.1, 0.15) is 0 Å². The zero-order valence-electron chi connectivity index (χ0n) is 19.5. The van der Waals surface area contributed by atoms with Crippen LogP contribution in [-0.2, 0) is 0 Å². The molecule has 0 aliphatic rings. The molecular formula is C25H50. The van der Waals surface area contributed by atoms with Gasteiger partial charge in [-0.2, -0.15) is 0 Å². The summed E-state index contributed by atoms with van der Waals surface area (Å²) >= 11 is 0. The summed E-state index contributed by atoms with van der Waals surface area (Å²) in [4.78, 5) is 0. The van der Waals surface area contributed by atoms with Gasteiger partial charge in [-0.05, 0) is 47.3 Å². The van der Waals surface area contributed by atoms with Gasteiger partial charge in [0.25, 0.3) is 0 Å². The largest absolute Gasteiger partial charge is 0.0993 e. The van der Waals surface area contributed by atoms with Gasteiger partial charge in [0.15, 0.2) is 0 Å². The second kappa shape index (κ2) is 10.8. The summed E-state index contributed by atoms with van der Waals surface area (Å²) in [6.45, 7) is 28.7. The summed E-state index contributed by atoms with van der Waals surface area (Å²) in [6.07, 6.45) is 9.26. The lowest BCUT2D eigenvalue weighted by molar-refractivity contribution is -0.0301. The van der Waals surface area contributed by atoms with Crippen molar-refractivity contribution in [2.24, 2.45) is 34.5 Å². The van der Waals surface area contributed by atoms with E-state index in [-0.39, 0.29) is 0 Å². The van der Waals surface area contributed by atoms with Crippen molar-refractivity contribution in [2.45, 2.75) is 114 Å². The fourth-order valence-electron chi connectivity index (χ4n) is 5.51. The zero-order chi connectivity index (χ0) is 19.8. The van der Waals surface area contributed by atoms with Crippen LogP contribution in [0.3, 0.4) is 0 Å². The lowest BCUT2D eigenvalue weighted by atomic mass is 9.52. The van der Waals surface area contributed by atoms with Crippen molar-refractivity contribution >= 4 is 0 Å². The van der Waals surface area contributed by atoms with Crippen molar-refractivity contribution in [1.29, 1.82) is 0 Å². The van der Waals surface area contributed by atoms with Crippen molar-refractivity contribution in [3.05, 3.63) is 12.2 Å². The molecule has 150 valence electrons. The van der Waals surface area contributed by atoms with E-state index in [1.54, 1.807) is 0 Å². The lowest BCUT2D eigenvalue weighted by Gasteiger charge is -2.53. The smallest absolute Gasteiger partial charge is 0.0226 e. The summed E-state index contributed by atoms with van der Waals surface area (Å²) in [5.41, 5.74) is 2.33. The van der Waals surface area contributed by atoms with Gasteiger partial charge in [-0.25, -0.2) is 0 Å². The first kappa shape index (κ1) is 24.7. The van der Waals surface area contributed by atoms with Crippen molar-refractivity contribution < 1.29 is 0 Å². The molecule has 0 aromatic carbocycles. The van der Waals surface area contributed by atoms with Gasteiger partial charge >= 0.3 is 0 Å². The molecule has 3 atom stereocenters. The number of hydrogen-bond donors (Lipinski definition) is 0. The molecule has 0 saturated heterocycles. The van der Waals surface area contributed by atoms with Crippen molar-refractivity contribution in [2.75, 3.05) is 0 Å². The highest BCUT2D eigenvalue weighted by molar-refractivity contribution is 5.06. The third-order valence-electron chi connectivity index (χ3n) is 7.83. The molecule has 0 aromatic heterocycles. The van der Waals surface area contributed by atoms with E-state index >= 15 is 0 Å². The molecule has 0 rings (SSSR count). The molecule has 0 fully saturated rings. The van der Waals surface area contributed by atoms with E-state index in [0.29, 0.717) is 22.7 Å². The molecule has 0 heterocycles. The fourth-order valence-corrected chi connectivity index (χ4v) is 5.51. The molecule has 0 bridgehead atoms. The van der Waals surface area contributed by atoms with Crippen LogP contribution >= 0.6 is 0 Å². The first-order chi connectivity index (χ1) is 11.6. The van der Waals surface area contributed by atoms with Crippen LogP contribution in [0.1, 0.15) is 114 Å². The maximum atomic E-state index is 4.44. The number of allylic oxidation sites excluding steroid dienone is 1. The molecule has 0 heteroatoms. The second-order valence-electron chi connectivity index (χ2n) is 9.63. The summed E-state index contributed by atoms with van der Waals surface area (Å²) in [5.74, 6) is 2.75. The third-order valence-corrected chi connectivity index (χ3v) is 7.83. The summed E-state index contributed by atoms with van der Waals surface area (Å²) in [6, 6.07) is 0. The predicted octanol–water partition coefficient (Wildman–Crippen LogP) is 8.91. The average Bonchev–Trinajstić information content (AvgIpc) is 2.58. The summed E-state index contributed by atoms with van der Waals surface area (Å²) in [5, 5.41) is 0. The van der Waals surface area contributed by atoms with Crippen molar-refractivity contribution in [3.8, 4) is 0 Å². The first-order valence-corrected chi connectivity index (χ1v) is 11.2. The van der Waals surface area contributed by atoms with Crippen molar-refractivity contribution in [1.82, 2.24) is 0 Å². The molecule has 0 nitrogen and oxygen atoms in total. The normalized spacial score (nSPS) is 17.6. The third kappa shape index (κ3) is 5.86.